The highest BCUT2D eigenvalue weighted by Gasteiger charge is 2.58. The second kappa shape index (κ2) is 19.1. The number of rotatable bonds is 18. The van der Waals surface area contributed by atoms with Crippen molar-refractivity contribution < 1.29 is 33.2 Å². The van der Waals surface area contributed by atoms with Crippen LogP contribution in [0.5, 0.6) is 5.75 Å². The number of hydrogen-bond acceptors (Lipinski definition) is 8. The zero-order chi connectivity index (χ0) is 30.5. The van der Waals surface area contributed by atoms with E-state index in [0.717, 1.165) is 44.5 Å². The molecule has 0 radical (unpaired) electrons. The number of hydrogen-bond donors (Lipinski definition) is 1. The lowest BCUT2D eigenvalue weighted by Gasteiger charge is -2.34. The molecule has 0 saturated carbocycles. The number of benzene rings is 1. The van der Waals surface area contributed by atoms with Gasteiger partial charge in [-0.05, 0) is 70.5 Å². The maximum atomic E-state index is 13.1. The summed E-state index contributed by atoms with van der Waals surface area (Å²) in [6.07, 6.45) is 13.3. The van der Waals surface area contributed by atoms with Gasteiger partial charge >= 0.3 is 6.09 Å². The minimum absolute atomic E-state index is 0. The average molecular weight is 641 g/mol. The predicted molar refractivity (Wildman–Crippen MR) is 175 cm³/mol. The van der Waals surface area contributed by atoms with Crippen LogP contribution < -0.4 is 10.1 Å². The maximum Gasteiger partial charge on any atom is 0.412 e. The van der Waals surface area contributed by atoms with Gasteiger partial charge in [-0.2, -0.15) is 0 Å². The van der Waals surface area contributed by atoms with E-state index in [9.17, 15) is 4.79 Å². The Kier molecular flexibility index (Phi) is 16.0. The third-order valence-corrected chi connectivity index (χ3v) is 8.67. The van der Waals surface area contributed by atoms with E-state index in [1.165, 1.54) is 57.8 Å². The summed E-state index contributed by atoms with van der Waals surface area (Å²) in [6.45, 7) is 9.22. The first-order valence-corrected chi connectivity index (χ1v) is 16.9. The quantitative estimate of drug-likeness (QED) is 0.163. The summed E-state index contributed by atoms with van der Waals surface area (Å²) >= 11 is 0. The number of methoxy groups -OCH3 is 1. The largest absolute Gasteiger partial charge is 0.497 e. The van der Waals surface area contributed by atoms with Crippen LogP contribution >= 0.6 is 12.4 Å². The average Bonchev–Trinajstić information content (AvgIpc) is 3.49. The minimum atomic E-state index is -0.767. The van der Waals surface area contributed by atoms with E-state index < -0.39 is 36.5 Å². The fourth-order valence-corrected chi connectivity index (χ4v) is 6.38. The lowest BCUT2D eigenvalue weighted by Crippen LogP contribution is -2.49. The van der Waals surface area contributed by atoms with Gasteiger partial charge in [0.1, 0.15) is 30.2 Å². The molecule has 1 aromatic rings. The molecule has 1 amide bonds. The SMILES string of the molecule is CCCCCCCCCCCCO[C@H]1O[C@H]([C@@H](CN2CCCCC2)OC(=O)Nc2ccc(OC)cc2)[C@@H]2OC(C)(C)O[C@H]12.Cl. The number of piperidine rings is 1. The first-order valence-electron chi connectivity index (χ1n) is 16.9. The van der Waals surface area contributed by atoms with Gasteiger partial charge in [0.05, 0.1) is 7.11 Å². The van der Waals surface area contributed by atoms with E-state index in [0.29, 0.717) is 18.8 Å². The zero-order valence-corrected chi connectivity index (χ0v) is 28.2. The highest BCUT2D eigenvalue weighted by molar-refractivity contribution is 5.85. The molecule has 3 aliphatic rings. The zero-order valence-electron chi connectivity index (χ0n) is 27.4. The number of ether oxygens (including phenoxy) is 6. The molecule has 0 spiro atoms. The summed E-state index contributed by atoms with van der Waals surface area (Å²) < 4.78 is 36.7. The van der Waals surface area contributed by atoms with Gasteiger partial charge in [-0.25, -0.2) is 4.79 Å². The van der Waals surface area contributed by atoms with Gasteiger partial charge in [0.2, 0.25) is 0 Å². The van der Waals surface area contributed by atoms with Crippen molar-refractivity contribution in [3.8, 4) is 5.75 Å². The number of likely N-dealkylation sites (tertiary alicyclic amines) is 1. The van der Waals surface area contributed by atoms with Crippen molar-refractivity contribution in [2.45, 2.75) is 141 Å². The number of nitrogens with one attached hydrogen (secondary N) is 1. The smallest absolute Gasteiger partial charge is 0.412 e. The first-order chi connectivity index (χ1) is 20.9. The first kappa shape index (κ1) is 36.8. The lowest BCUT2D eigenvalue weighted by atomic mass is 10.0. The van der Waals surface area contributed by atoms with Crippen molar-refractivity contribution in [3.63, 3.8) is 0 Å². The molecule has 252 valence electrons. The summed E-state index contributed by atoms with van der Waals surface area (Å²) in [7, 11) is 1.61. The molecule has 3 saturated heterocycles. The van der Waals surface area contributed by atoms with Gasteiger partial charge in [0.15, 0.2) is 12.1 Å². The Bertz CT molecular complexity index is 944. The van der Waals surface area contributed by atoms with Crippen molar-refractivity contribution in [1.29, 1.82) is 0 Å². The number of carbonyl (C=O) groups excluding carboxylic acids is 1. The molecule has 1 N–H and O–H groups in total. The Labute approximate surface area is 271 Å². The Morgan fingerprint density at radius 2 is 1.55 bits per heavy atom. The molecule has 10 heteroatoms. The fraction of sp³-hybridized carbons (Fsp3) is 0.794. The molecule has 0 bridgehead atoms. The second-order valence-corrected chi connectivity index (χ2v) is 12.7. The second-order valence-electron chi connectivity index (χ2n) is 12.7. The van der Waals surface area contributed by atoms with Crippen LogP contribution in [0.25, 0.3) is 0 Å². The highest BCUT2D eigenvalue weighted by atomic mass is 35.5. The van der Waals surface area contributed by atoms with E-state index in [1.54, 1.807) is 31.4 Å². The molecule has 3 heterocycles. The monoisotopic (exact) mass is 640 g/mol. The molecule has 3 fully saturated rings. The summed E-state index contributed by atoms with van der Waals surface area (Å²) in [6, 6.07) is 7.17. The number of carbonyl (C=O) groups is 1. The molecule has 0 unspecified atom stereocenters. The van der Waals surface area contributed by atoms with Crippen LogP contribution in [0.15, 0.2) is 24.3 Å². The van der Waals surface area contributed by atoms with E-state index >= 15 is 0 Å². The minimum Gasteiger partial charge on any atom is -0.497 e. The molecule has 1 aromatic carbocycles. The van der Waals surface area contributed by atoms with E-state index in [2.05, 4.69) is 17.1 Å². The van der Waals surface area contributed by atoms with Crippen molar-refractivity contribution in [2.24, 2.45) is 0 Å². The van der Waals surface area contributed by atoms with Crippen molar-refractivity contribution in [2.75, 3.05) is 38.7 Å². The van der Waals surface area contributed by atoms with Crippen LogP contribution in [0.4, 0.5) is 10.5 Å². The van der Waals surface area contributed by atoms with E-state index in [4.69, 9.17) is 28.4 Å². The Morgan fingerprint density at radius 1 is 0.932 bits per heavy atom. The summed E-state index contributed by atoms with van der Waals surface area (Å²) in [5, 5.41) is 2.85. The van der Waals surface area contributed by atoms with Crippen LogP contribution in [-0.2, 0) is 23.7 Å². The van der Waals surface area contributed by atoms with E-state index in [-0.39, 0.29) is 18.5 Å². The molecular formula is C34H57ClN2O7. The van der Waals surface area contributed by atoms with Crippen LogP contribution in [-0.4, -0.2) is 80.8 Å². The standard InChI is InChI=1S/C34H56N2O7.ClH/c1-5-6-7-8-9-10-11-12-13-17-24-39-32-31-30(42-34(2,3)43-31)29(41-32)28(25-36-22-15-14-16-23-36)40-33(37)35-26-18-20-27(38-4)21-19-26;/h18-21,28-32H,5-17,22-25H2,1-4H3,(H,35,37);1H/t28-,29-,30+,31+,32+;/m1./s1. The Hall–Kier alpha value is -1.62. The molecule has 44 heavy (non-hydrogen) atoms. The molecular weight excluding hydrogens is 584 g/mol. The van der Waals surface area contributed by atoms with Gasteiger partial charge < -0.3 is 28.4 Å². The van der Waals surface area contributed by atoms with E-state index in [1.807, 2.05) is 13.8 Å². The van der Waals surface area contributed by atoms with Crippen LogP contribution in [0.3, 0.4) is 0 Å². The van der Waals surface area contributed by atoms with Crippen LogP contribution in [0.2, 0.25) is 0 Å². The molecule has 0 aromatic heterocycles. The Balaban J connectivity index is 0.00000529. The van der Waals surface area contributed by atoms with Crippen molar-refractivity contribution in [1.82, 2.24) is 4.90 Å². The normalized spacial score (nSPS) is 25.2. The molecule has 9 nitrogen and oxygen atoms in total. The molecule has 3 aliphatic heterocycles. The van der Waals surface area contributed by atoms with Crippen molar-refractivity contribution >= 4 is 24.2 Å². The lowest BCUT2D eigenvalue weighted by molar-refractivity contribution is -0.243. The molecule has 5 atom stereocenters. The number of halogens is 1. The summed E-state index contributed by atoms with van der Waals surface area (Å²) in [5.41, 5.74) is 0.632. The number of fused-ring (bicyclic) bond motifs is 1. The number of nitrogens with zero attached hydrogens (tertiary/aromatic N) is 1. The van der Waals surface area contributed by atoms with Gasteiger partial charge in [-0.3, -0.25) is 10.2 Å². The van der Waals surface area contributed by atoms with Gasteiger partial charge in [-0.1, -0.05) is 71.1 Å². The maximum absolute atomic E-state index is 13.1. The third-order valence-electron chi connectivity index (χ3n) is 8.67. The number of amides is 1. The fourth-order valence-electron chi connectivity index (χ4n) is 6.38. The van der Waals surface area contributed by atoms with Crippen LogP contribution in [0, 0.1) is 0 Å². The predicted octanol–water partition coefficient (Wildman–Crippen LogP) is 7.70. The van der Waals surface area contributed by atoms with Gasteiger partial charge in [-0.15, -0.1) is 12.4 Å². The van der Waals surface area contributed by atoms with Crippen molar-refractivity contribution in [3.05, 3.63) is 24.3 Å². The van der Waals surface area contributed by atoms with Crippen LogP contribution in [0.1, 0.15) is 104 Å². The third kappa shape index (κ3) is 11.6. The summed E-state index contributed by atoms with van der Waals surface area (Å²) in [5.74, 6) is -0.0472. The molecule has 0 aliphatic carbocycles. The Morgan fingerprint density at radius 3 is 2.18 bits per heavy atom. The van der Waals surface area contributed by atoms with Gasteiger partial charge in [0.25, 0.3) is 0 Å². The number of anilines is 1. The topological polar surface area (TPSA) is 87.7 Å². The summed E-state index contributed by atoms with van der Waals surface area (Å²) in [4.78, 5) is 15.5. The highest BCUT2D eigenvalue weighted by Crippen LogP contribution is 2.41. The van der Waals surface area contributed by atoms with Gasteiger partial charge in [0, 0.05) is 18.8 Å². The molecule has 4 rings (SSSR count). The number of unbranched alkanes of at least 4 members (excludes halogenated alkanes) is 9.